The molecule has 1 saturated heterocycles. The van der Waals surface area contributed by atoms with Crippen molar-refractivity contribution in [1.29, 1.82) is 0 Å². The highest BCUT2D eigenvalue weighted by Gasteiger charge is 2.42. The van der Waals surface area contributed by atoms with Crippen LogP contribution in [0.4, 0.5) is 10.2 Å². The fourth-order valence-electron chi connectivity index (χ4n) is 4.84. The van der Waals surface area contributed by atoms with Crippen molar-refractivity contribution in [2.24, 2.45) is 0 Å². The Morgan fingerprint density at radius 1 is 1.20 bits per heavy atom. The van der Waals surface area contributed by atoms with Crippen LogP contribution in [0.3, 0.4) is 0 Å². The third kappa shape index (κ3) is 4.33. The zero-order chi connectivity index (χ0) is 21.1. The molecule has 160 valence electrons. The highest BCUT2D eigenvalue weighted by molar-refractivity contribution is 5.88. The molecule has 2 aromatic rings. The molecule has 30 heavy (non-hydrogen) atoms. The van der Waals surface area contributed by atoms with Crippen LogP contribution >= 0.6 is 0 Å². The van der Waals surface area contributed by atoms with E-state index in [-0.39, 0.29) is 23.9 Å². The molecule has 1 N–H and O–H groups in total. The number of halogens is 1. The number of carbonyl (C=O) groups is 1. The van der Waals surface area contributed by atoms with E-state index in [1.54, 1.807) is 6.07 Å². The van der Waals surface area contributed by atoms with Gasteiger partial charge in [-0.2, -0.15) is 0 Å². The highest BCUT2D eigenvalue weighted by Crippen LogP contribution is 2.41. The van der Waals surface area contributed by atoms with Crippen LogP contribution in [0.15, 0.2) is 42.6 Å². The number of anilines is 1. The molecular formula is C24H30FN3O2. The Hall–Kier alpha value is -2.47. The van der Waals surface area contributed by atoms with Crippen molar-refractivity contribution in [2.45, 2.75) is 63.7 Å². The number of nitrogens with one attached hydrogen (secondary N) is 1. The van der Waals surface area contributed by atoms with Gasteiger partial charge in [0.25, 0.3) is 0 Å². The number of rotatable bonds is 5. The van der Waals surface area contributed by atoms with Gasteiger partial charge in [-0.25, -0.2) is 9.37 Å². The van der Waals surface area contributed by atoms with E-state index in [1.165, 1.54) is 12.1 Å². The minimum Gasteiger partial charge on any atom is -0.372 e. The van der Waals surface area contributed by atoms with Crippen molar-refractivity contribution in [2.75, 3.05) is 18.0 Å². The van der Waals surface area contributed by atoms with Gasteiger partial charge in [0, 0.05) is 25.8 Å². The molecule has 4 rings (SSSR count). The van der Waals surface area contributed by atoms with E-state index in [1.807, 2.05) is 24.4 Å². The van der Waals surface area contributed by atoms with Gasteiger partial charge in [0.1, 0.15) is 11.6 Å². The maximum absolute atomic E-state index is 13.8. The number of pyridine rings is 1. The molecule has 2 fully saturated rings. The van der Waals surface area contributed by atoms with Crippen LogP contribution in [0.5, 0.6) is 0 Å². The van der Waals surface area contributed by atoms with Gasteiger partial charge >= 0.3 is 0 Å². The van der Waals surface area contributed by atoms with E-state index < -0.39 is 5.41 Å². The van der Waals surface area contributed by atoms with Gasteiger partial charge in [0.15, 0.2) is 0 Å². The Morgan fingerprint density at radius 3 is 2.57 bits per heavy atom. The minimum atomic E-state index is -0.629. The average Bonchev–Trinajstić information content (AvgIpc) is 3.23. The van der Waals surface area contributed by atoms with E-state index in [9.17, 15) is 9.18 Å². The lowest BCUT2D eigenvalue weighted by molar-refractivity contribution is -0.126. The number of nitrogens with zero attached hydrogens (tertiary/aromatic N) is 2. The second-order valence-electron chi connectivity index (χ2n) is 8.67. The molecule has 2 heterocycles. The average molecular weight is 412 g/mol. The van der Waals surface area contributed by atoms with Crippen molar-refractivity contribution in [3.05, 3.63) is 59.5 Å². The van der Waals surface area contributed by atoms with Crippen molar-refractivity contribution < 1.29 is 13.9 Å². The summed E-state index contributed by atoms with van der Waals surface area (Å²) in [4.78, 5) is 20.0. The number of hydrogen-bond donors (Lipinski definition) is 1. The van der Waals surface area contributed by atoms with E-state index in [0.29, 0.717) is 6.54 Å². The number of hydrogen-bond acceptors (Lipinski definition) is 4. The summed E-state index contributed by atoms with van der Waals surface area (Å²) in [7, 11) is 0. The fraction of sp³-hybridized carbons (Fsp3) is 0.500. The quantitative estimate of drug-likeness (QED) is 0.809. The molecule has 1 aromatic heterocycles. The second kappa shape index (κ2) is 8.72. The first-order valence-corrected chi connectivity index (χ1v) is 10.9. The number of carbonyl (C=O) groups excluding carboxylic acids is 1. The van der Waals surface area contributed by atoms with Crippen LogP contribution in [0.25, 0.3) is 0 Å². The predicted molar refractivity (Wildman–Crippen MR) is 115 cm³/mol. The molecule has 1 aliphatic carbocycles. The topological polar surface area (TPSA) is 54.5 Å². The molecule has 1 amide bonds. The Balaban J connectivity index is 1.42. The molecule has 1 aliphatic heterocycles. The van der Waals surface area contributed by atoms with E-state index in [4.69, 9.17) is 4.74 Å². The van der Waals surface area contributed by atoms with Crippen molar-refractivity contribution in [1.82, 2.24) is 10.3 Å². The summed E-state index contributed by atoms with van der Waals surface area (Å²) >= 11 is 0. The maximum Gasteiger partial charge on any atom is 0.230 e. The van der Waals surface area contributed by atoms with Gasteiger partial charge in [-0.05, 0) is 56.0 Å². The number of morpholine rings is 1. The van der Waals surface area contributed by atoms with Crippen LogP contribution in [-0.4, -0.2) is 36.2 Å². The fourth-order valence-corrected chi connectivity index (χ4v) is 4.84. The lowest BCUT2D eigenvalue weighted by Crippen LogP contribution is -2.45. The number of benzene rings is 1. The monoisotopic (exact) mass is 411 g/mol. The van der Waals surface area contributed by atoms with Gasteiger partial charge in [-0.15, -0.1) is 0 Å². The Labute approximate surface area is 177 Å². The molecule has 0 radical (unpaired) electrons. The van der Waals surface area contributed by atoms with Gasteiger partial charge in [0.2, 0.25) is 5.91 Å². The van der Waals surface area contributed by atoms with E-state index in [0.717, 1.165) is 55.7 Å². The van der Waals surface area contributed by atoms with Crippen molar-refractivity contribution >= 4 is 11.7 Å². The molecule has 0 bridgehead atoms. The number of ether oxygens (including phenoxy) is 1. The van der Waals surface area contributed by atoms with Gasteiger partial charge in [-0.1, -0.05) is 31.0 Å². The standard InChI is InChI=1S/C24H30FN3O2/c1-17-15-28(16-18(2)30-17)22-9-8-19(13-26-22)14-27-23(29)24(10-3-4-11-24)20-6-5-7-21(25)12-20/h5-9,12-13,17-18H,3-4,10-11,14-16H2,1-2H3,(H,27,29). The zero-order valence-electron chi connectivity index (χ0n) is 17.7. The molecule has 5 nitrogen and oxygen atoms in total. The summed E-state index contributed by atoms with van der Waals surface area (Å²) in [5.41, 5.74) is 1.10. The van der Waals surface area contributed by atoms with E-state index in [2.05, 4.69) is 29.0 Å². The molecule has 0 spiro atoms. The molecule has 2 aliphatic rings. The predicted octanol–water partition coefficient (Wildman–Crippen LogP) is 3.96. The van der Waals surface area contributed by atoms with Crippen LogP contribution in [-0.2, 0) is 21.5 Å². The Morgan fingerprint density at radius 2 is 1.93 bits per heavy atom. The molecule has 1 aromatic carbocycles. The smallest absolute Gasteiger partial charge is 0.230 e. The largest absolute Gasteiger partial charge is 0.372 e. The lowest BCUT2D eigenvalue weighted by Gasteiger charge is -2.36. The van der Waals surface area contributed by atoms with Gasteiger partial charge < -0.3 is 15.0 Å². The summed E-state index contributed by atoms with van der Waals surface area (Å²) in [6.07, 6.45) is 5.66. The first kappa shape index (κ1) is 20.8. The SMILES string of the molecule is CC1CN(c2ccc(CNC(=O)C3(c4cccc(F)c4)CCCC3)cn2)CC(C)O1. The zero-order valence-corrected chi connectivity index (χ0v) is 17.7. The molecule has 2 atom stereocenters. The molecule has 2 unspecified atom stereocenters. The number of aromatic nitrogens is 1. The minimum absolute atomic E-state index is 0.0227. The molecule has 1 saturated carbocycles. The van der Waals surface area contributed by atoms with Gasteiger partial charge in [-0.3, -0.25) is 4.79 Å². The first-order valence-electron chi connectivity index (χ1n) is 10.9. The van der Waals surface area contributed by atoms with E-state index >= 15 is 0 Å². The first-order chi connectivity index (χ1) is 14.5. The van der Waals surface area contributed by atoms with Gasteiger partial charge in [0.05, 0.1) is 17.6 Å². The Kier molecular flexibility index (Phi) is 6.04. The maximum atomic E-state index is 13.8. The Bertz CT molecular complexity index is 870. The normalized spacial score (nSPS) is 23.4. The highest BCUT2D eigenvalue weighted by atomic mass is 19.1. The number of amides is 1. The second-order valence-corrected chi connectivity index (χ2v) is 8.67. The molecular weight excluding hydrogens is 381 g/mol. The third-order valence-corrected chi connectivity index (χ3v) is 6.27. The van der Waals surface area contributed by atoms with Crippen molar-refractivity contribution in [3.8, 4) is 0 Å². The summed E-state index contributed by atoms with van der Waals surface area (Å²) in [5.74, 6) is 0.614. The molecule has 6 heteroatoms. The third-order valence-electron chi connectivity index (χ3n) is 6.27. The summed E-state index contributed by atoms with van der Waals surface area (Å²) in [5, 5.41) is 3.08. The summed E-state index contributed by atoms with van der Waals surface area (Å²) < 4.78 is 19.6. The van der Waals surface area contributed by atoms with Crippen LogP contribution in [0.2, 0.25) is 0 Å². The van der Waals surface area contributed by atoms with Crippen LogP contribution in [0, 0.1) is 5.82 Å². The summed E-state index contributed by atoms with van der Waals surface area (Å²) in [6, 6.07) is 10.5. The van der Waals surface area contributed by atoms with Crippen molar-refractivity contribution in [3.63, 3.8) is 0 Å². The van der Waals surface area contributed by atoms with Crippen LogP contribution in [0.1, 0.15) is 50.7 Å². The lowest BCUT2D eigenvalue weighted by atomic mass is 9.78. The summed E-state index contributed by atoms with van der Waals surface area (Å²) in [6.45, 7) is 6.21. The van der Waals surface area contributed by atoms with Crippen LogP contribution < -0.4 is 10.2 Å².